The average molecular weight is 195 g/mol. The Morgan fingerprint density at radius 2 is 1.79 bits per heavy atom. The molecule has 1 N–H and O–H groups in total. The van der Waals surface area contributed by atoms with Crippen LogP contribution in [-0.2, 0) is 0 Å². The fourth-order valence-electron chi connectivity index (χ4n) is 3.22. The number of rotatable bonds is 4. The standard InChI is InChI=1S/C13H25N/c1-11-5-4-8-13(11)14-10-9-12-6-2-3-7-12/h11-14H,2-10H2,1H3. The lowest BCUT2D eigenvalue weighted by Gasteiger charge is -2.18. The average Bonchev–Trinajstić information content (AvgIpc) is 2.78. The van der Waals surface area contributed by atoms with Crippen LogP contribution in [0.2, 0.25) is 0 Å². The van der Waals surface area contributed by atoms with Crippen LogP contribution in [0.5, 0.6) is 0 Å². The third-order valence-electron chi connectivity index (χ3n) is 4.30. The lowest BCUT2D eigenvalue weighted by molar-refractivity contribution is 0.394. The topological polar surface area (TPSA) is 12.0 Å². The van der Waals surface area contributed by atoms with E-state index in [4.69, 9.17) is 0 Å². The van der Waals surface area contributed by atoms with Crippen LogP contribution in [0, 0.1) is 11.8 Å². The van der Waals surface area contributed by atoms with E-state index >= 15 is 0 Å². The van der Waals surface area contributed by atoms with Crippen molar-refractivity contribution in [1.82, 2.24) is 5.32 Å². The Labute approximate surface area is 88.7 Å². The molecule has 1 heteroatoms. The zero-order valence-corrected chi connectivity index (χ0v) is 9.60. The van der Waals surface area contributed by atoms with Crippen LogP contribution in [0.1, 0.15) is 58.3 Å². The van der Waals surface area contributed by atoms with Gasteiger partial charge in [-0.15, -0.1) is 0 Å². The molecule has 0 radical (unpaired) electrons. The molecule has 2 aliphatic rings. The first-order chi connectivity index (χ1) is 6.86. The van der Waals surface area contributed by atoms with Crippen molar-refractivity contribution in [3.63, 3.8) is 0 Å². The molecule has 0 amide bonds. The Bertz CT molecular complexity index is 161. The van der Waals surface area contributed by atoms with E-state index in [1.165, 1.54) is 57.9 Å². The Hall–Kier alpha value is -0.0400. The van der Waals surface area contributed by atoms with Crippen LogP contribution >= 0.6 is 0 Å². The summed E-state index contributed by atoms with van der Waals surface area (Å²) in [7, 11) is 0. The predicted molar refractivity (Wildman–Crippen MR) is 61.4 cm³/mol. The normalized spacial score (nSPS) is 34.1. The van der Waals surface area contributed by atoms with E-state index < -0.39 is 0 Å². The fourth-order valence-corrected chi connectivity index (χ4v) is 3.22. The molecule has 0 heterocycles. The van der Waals surface area contributed by atoms with Gasteiger partial charge in [-0.3, -0.25) is 0 Å². The first-order valence-corrected chi connectivity index (χ1v) is 6.59. The molecule has 0 aromatic carbocycles. The number of hydrogen-bond donors (Lipinski definition) is 1. The van der Waals surface area contributed by atoms with Crippen molar-refractivity contribution in [3.05, 3.63) is 0 Å². The third kappa shape index (κ3) is 2.73. The molecule has 2 fully saturated rings. The van der Waals surface area contributed by atoms with E-state index in [1.54, 1.807) is 0 Å². The Kier molecular flexibility index (Phi) is 3.86. The second-order valence-electron chi connectivity index (χ2n) is 5.41. The molecule has 2 atom stereocenters. The molecule has 0 aliphatic heterocycles. The SMILES string of the molecule is CC1CCCC1NCCC1CCCC1. The Balaban J connectivity index is 1.57. The van der Waals surface area contributed by atoms with Gasteiger partial charge < -0.3 is 5.32 Å². The van der Waals surface area contributed by atoms with Crippen LogP contribution in [-0.4, -0.2) is 12.6 Å². The molecule has 0 spiro atoms. The summed E-state index contributed by atoms with van der Waals surface area (Å²) in [5.74, 6) is 1.98. The van der Waals surface area contributed by atoms with Gasteiger partial charge in [0, 0.05) is 6.04 Å². The van der Waals surface area contributed by atoms with Crippen LogP contribution in [0.3, 0.4) is 0 Å². The van der Waals surface area contributed by atoms with E-state index in [-0.39, 0.29) is 0 Å². The molecule has 82 valence electrons. The molecule has 2 saturated carbocycles. The van der Waals surface area contributed by atoms with E-state index in [9.17, 15) is 0 Å². The lowest BCUT2D eigenvalue weighted by atomic mass is 10.0. The highest BCUT2D eigenvalue weighted by molar-refractivity contribution is 4.80. The van der Waals surface area contributed by atoms with Crippen molar-refractivity contribution in [2.75, 3.05) is 6.54 Å². The molecule has 14 heavy (non-hydrogen) atoms. The molecule has 2 rings (SSSR count). The van der Waals surface area contributed by atoms with E-state index in [0.29, 0.717) is 0 Å². The largest absolute Gasteiger partial charge is 0.314 e. The van der Waals surface area contributed by atoms with Crippen LogP contribution in [0.4, 0.5) is 0 Å². The smallest absolute Gasteiger partial charge is 0.00926 e. The second kappa shape index (κ2) is 5.16. The maximum absolute atomic E-state index is 3.76. The monoisotopic (exact) mass is 195 g/mol. The number of hydrogen-bond acceptors (Lipinski definition) is 1. The van der Waals surface area contributed by atoms with Crippen molar-refractivity contribution < 1.29 is 0 Å². The van der Waals surface area contributed by atoms with Gasteiger partial charge in [0.2, 0.25) is 0 Å². The molecule has 2 aliphatic carbocycles. The summed E-state index contributed by atoms with van der Waals surface area (Å²) in [4.78, 5) is 0. The quantitative estimate of drug-likeness (QED) is 0.725. The summed E-state index contributed by atoms with van der Waals surface area (Å²) in [6, 6.07) is 0.844. The van der Waals surface area contributed by atoms with E-state index in [2.05, 4.69) is 12.2 Å². The minimum atomic E-state index is 0.844. The maximum atomic E-state index is 3.76. The highest BCUT2D eigenvalue weighted by Crippen LogP contribution is 2.28. The van der Waals surface area contributed by atoms with Gasteiger partial charge in [0.05, 0.1) is 0 Å². The molecular formula is C13H25N. The molecular weight excluding hydrogens is 170 g/mol. The van der Waals surface area contributed by atoms with Crippen molar-refractivity contribution >= 4 is 0 Å². The first kappa shape index (κ1) is 10.5. The van der Waals surface area contributed by atoms with Gasteiger partial charge in [-0.25, -0.2) is 0 Å². The summed E-state index contributed by atoms with van der Waals surface area (Å²) in [6.45, 7) is 3.68. The fraction of sp³-hybridized carbons (Fsp3) is 1.00. The molecule has 0 bridgehead atoms. The molecule has 0 aromatic heterocycles. The Morgan fingerprint density at radius 3 is 2.43 bits per heavy atom. The lowest BCUT2D eigenvalue weighted by Crippen LogP contribution is -2.32. The molecule has 0 saturated heterocycles. The van der Waals surface area contributed by atoms with Gasteiger partial charge in [-0.1, -0.05) is 39.0 Å². The van der Waals surface area contributed by atoms with Gasteiger partial charge in [0.25, 0.3) is 0 Å². The van der Waals surface area contributed by atoms with E-state index in [1.807, 2.05) is 0 Å². The third-order valence-corrected chi connectivity index (χ3v) is 4.30. The van der Waals surface area contributed by atoms with Crippen LogP contribution in [0.25, 0.3) is 0 Å². The first-order valence-electron chi connectivity index (χ1n) is 6.59. The highest BCUT2D eigenvalue weighted by atomic mass is 14.9. The van der Waals surface area contributed by atoms with Gasteiger partial charge in [-0.2, -0.15) is 0 Å². The number of nitrogens with one attached hydrogen (secondary N) is 1. The summed E-state index contributed by atoms with van der Waals surface area (Å²) in [6.07, 6.45) is 11.7. The van der Waals surface area contributed by atoms with Crippen molar-refractivity contribution in [2.45, 2.75) is 64.3 Å². The van der Waals surface area contributed by atoms with E-state index in [0.717, 1.165) is 17.9 Å². The van der Waals surface area contributed by atoms with Crippen LogP contribution < -0.4 is 5.32 Å². The van der Waals surface area contributed by atoms with Crippen molar-refractivity contribution in [1.29, 1.82) is 0 Å². The Morgan fingerprint density at radius 1 is 1.00 bits per heavy atom. The predicted octanol–water partition coefficient (Wildman–Crippen LogP) is 3.34. The summed E-state index contributed by atoms with van der Waals surface area (Å²) in [5, 5.41) is 3.76. The highest BCUT2D eigenvalue weighted by Gasteiger charge is 2.23. The van der Waals surface area contributed by atoms with Gasteiger partial charge >= 0.3 is 0 Å². The molecule has 1 nitrogen and oxygen atoms in total. The molecule has 0 aromatic rings. The van der Waals surface area contributed by atoms with Crippen molar-refractivity contribution in [2.24, 2.45) is 11.8 Å². The minimum absolute atomic E-state index is 0.844. The summed E-state index contributed by atoms with van der Waals surface area (Å²) in [5.41, 5.74) is 0. The second-order valence-corrected chi connectivity index (χ2v) is 5.41. The minimum Gasteiger partial charge on any atom is -0.314 e. The summed E-state index contributed by atoms with van der Waals surface area (Å²) >= 11 is 0. The van der Waals surface area contributed by atoms with Gasteiger partial charge in [0.15, 0.2) is 0 Å². The van der Waals surface area contributed by atoms with Gasteiger partial charge in [-0.05, 0) is 37.6 Å². The zero-order chi connectivity index (χ0) is 9.80. The summed E-state index contributed by atoms with van der Waals surface area (Å²) < 4.78 is 0. The molecule has 2 unspecified atom stereocenters. The van der Waals surface area contributed by atoms with Crippen LogP contribution in [0.15, 0.2) is 0 Å². The van der Waals surface area contributed by atoms with Crippen molar-refractivity contribution in [3.8, 4) is 0 Å². The van der Waals surface area contributed by atoms with Gasteiger partial charge in [0.1, 0.15) is 0 Å². The zero-order valence-electron chi connectivity index (χ0n) is 9.60. The maximum Gasteiger partial charge on any atom is 0.00926 e.